The molecule has 9 heteroatoms. The lowest BCUT2D eigenvalue weighted by Crippen LogP contribution is -2.42. The summed E-state index contributed by atoms with van der Waals surface area (Å²) in [5.41, 5.74) is 2.15. The van der Waals surface area contributed by atoms with Crippen molar-refractivity contribution in [2.24, 2.45) is 0 Å². The van der Waals surface area contributed by atoms with Crippen molar-refractivity contribution in [3.63, 3.8) is 0 Å². The molecule has 1 aliphatic heterocycles. The Morgan fingerprint density at radius 1 is 1.37 bits per heavy atom. The number of rotatable bonds is 6. The van der Waals surface area contributed by atoms with Gasteiger partial charge >= 0.3 is 0 Å². The van der Waals surface area contributed by atoms with Gasteiger partial charge in [0, 0.05) is 36.3 Å². The van der Waals surface area contributed by atoms with Crippen LogP contribution in [0.2, 0.25) is 0 Å². The molecule has 1 aliphatic rings. The fourth-order valence-corrected chi connectivity index (χ4v) is 4.00. The highest BCUT2D eigenvalue weighted by molar-refractivity contribution is 7.13. The van der Waals surface area contributed by atoms with Crippen molar-refractivity contribution in [2.75, 3.05) is 19.6 Å². The maximum atomic E-state index is 13.0. The molecule has 3 aromatic heterocycles. The van der Waals surface area contributed by atoms with Crippen molar-refractivity contribution in [3.8, 4) is 16.3 Å². The van der Waals surface area contributed by atoms with Gasteiger partial charge in [0.2, 0.25) is 0 Å². The van der Waals surface area contributed by atoms with Crippen LogP contribution in [-0.2, 0) is 0 Å². The quantitative estimate of drug-likeness (QED) is 0.700. The second kappa shape index (κ2) is 7.93. The molecule has 0 radical (unpaired) electrons. The molecule has 0 aliphatic carbocycles. The topological polar surface area (TPSA) is 88.8 Å². The zero-order valence-corrected chi connectivity index (χ0v) is 15.9. The van der Waals surface area contributed by atoms with Gasteiger partial charge in [0.25, 0.3) is 5.91 Å². The van der Waals surface area contributed by atoms with Crippen molar-refractivity contribution in [3.05, 3.63) is 42.2 Å². The summed E-state index contributed by atoms with van der Waals surface area (Å²) in [5.74, 6) is 0.0110. The predicted octanol–water partition coefficient (Wildman–Crippen LogP) is 2.00. The minimum atomic E-state index is 0.0110. The second-order valence-electron chi connectivity index (χ2n) is 6.45. The van der Waals surface area contributed by atoms with Gasteiger partial charge in [-0.25, -0.2) is 19.6 Å². The molecule has 0 unspecified atom stereocenters. The van der Waals surface area contributed by atoms with E-state index in [2.05, 4.69) is 32.3 Å². The van der Waals surface area contributed by atoms with Crippen molar-refractivity contribution in [1.29, 1.82) is 0 Å². The van der Waals surface area contributed by atoms with E-state index >= 15 is 0 Å². The van der Waals surface area contributed by atoms with Crippen LogP contribution in [0.3, 0.4) is 0 Å². The van der Waals surface area contributed by atoms with Crippen molar-refractivity contribution < 1.29 is 4.79 Å². The largest absolute Gasteiger partial charge is 0.333 e. The number of carbonyl (C=O) groups is 1. The highest BCUT2D eigenvalue weighted by Gasteiger charge is 2.28. The molecule has 140 valence electrons. The number of nitrogens with one attached hydrogen (secondary N) is 1. The number of thiazole rings is 1. The molecule has 0 bridgehead atoms. The first-order valence-corrected chi connectivity index (χ1v) is 9.92. The van der Waals surface area contributed by atoms with Crippen LogP contribution in [-0.4, -0.2) is 61.2 Å². The smallest absolute Gasteiger partial charge is 0.273 e. The van der Waals surface area contributed by atoms with E-state index in [9.17, 15) is 4.79 Å². The van der Waals surface area contributed by atoms with Crippen molar-refractivity contribution in [1.82, 2.24) is 34.9 Å². The Kier molecular flexibility index (Phi) is 5.21. The molecule has 1 atom stereocenters. The molecule has 27 heavy (non-hydrogen) atoms. The molecule has 1 N–H and O–H groups in total. The molecule has 1 saturated heterocycles. The Morgan fingerprint density at radius 2 is 2.22 bits per heavy atom. The molecule has 3 aromatic rings. The number of carbonyl (C=O) groups excluding carboxylic acids is 1. The van der Waals surface area contributed by atoms with Crippen LogP contribution in [0.25, 0.3) is 16.3 Å². The van der Waals surface area contributed by atoms with Crippen LogP contribution in [0.1, 0.15) is 30.3 Å². The molecule has 0 spiro atoms. The van der Waals surface area contributed by atoms with E-state index in [-0.39, 0.29) is 11.9 Å². The van der Waals surface area contributed by atoms with Gasteiger partial charge in [0.1, 0.15) is 22.7 Å². The van der Waals surface area contributed by atoms with Crippen LogP contribution in [0, 0.1) is 0 Å². The van der Waals surface area contributed by atoms with Crippen molar-refractivity contribution >= 4 is 17.2 Å². The lowest BCUT2D eigenvalue weighted by Gasteiger charge is -2.27. The van der Waals surface area contributed by atoms with Crippen LogP contribution in [0.4, 0.5) is 0 Å². The Hall–Kier alpha value is -2.65. The molecular formula is C18H21N7OS. The monoisotopic (exact) mass is 383 g/mol. The van der Waals surface area contributed by atoms with E-state index in [1.54, 1.807) is 23.3 Å². The highest BCUT2D eigenvalue weighted by Crippen LogP contribution is 2.25. The van der Waals surface area contributed by atoms with Gasteiger partial charge < -0.3 is 10.2 Å². The molecular weight excluding hydrogens is 362 g/mol. The van der Waals surface area contributed by atoms with Crippen molar-refractivity contribution in [2.45, 2.75) is 25.8 Å². The molecule has 8 nitrogen and oxygen atoms in total. The molecule has 4 heterocycles. The summed E-state index contributed by atoms with van der Waals surface area (Å²) in [4.78, 5) is 27.6. The summed E-state index contributed by atoms with van der Waals surface area (Å²) in [6.45, 7) is 4.66. The fourth-order valence-electron chi connectivity index (χ4n) is 3.23. The van der Waals surface area contributed by atoms with Gasteiger partial charge in [-0.05, 0) is 19.4 Å². The van der Waals surface area contributed by atoms with E-state index in [0.29, 0.717) is 5.69 Å². The summed E-state index contributed by atoms with van der Waals surface area (Å²) >= 11 is 1.46. The number of amides is 1. The molecule has 0 saturated carbocycles. The minimum Gasteiger partial charge on any atom is -0.333 e. The summed E-state index contributed by atoms with van der Waals surface area (Å²) in [5, 5.41) is 10.3. The third-order valence-corrected chi connectivity index (χ3v) is 5.46. The van der Waals surface area contributed by atoms with Gasteiger partial charge in [0.15, 0.2) is 0 Å². The van der Waals surface area contributed by atoms with E-state index in [0.717, 1.165) is 48.7 Å². The summed E-state index contributed by atoms with van der Waals surface area (Å²) < 4.78 is 1.70. The van der Waals surface area contributed by atoms with Gasteiger partial charge in [0.05, 0.1) is 18.6 Å². The second-order valence-corrected chi connectivity index (χ2v) is 7.31. The highest BCUT2D eigenvalue weighted by atomic mass is 32.1. The SMILES string of the molecule is CCCN(C(=O)c1csc(-c2cnn(-c3cncnc3)c2)n1)[C@@H]1CCNC1. The third-order valence-electron chi connectivity index (χ3n) is 4.56. The fraction of sp³-hybridized carbons (Fsp3) is 0.389. The summed E-state index contributed by atoms with van der Waals surface area (Å²) in [7, 11) is 0. The van der Waals surface area contributed by atoms with Gasteiger partial charge in [-0.1, -0.05) is 6.92 Å². The number of hydrogen-bond donors (Lipinski definition) is 1. The number of hydrogen-bond acceptors (Lipinski definition) is 7. The first kappa shape index (κ1) is 17.7. The van der Waals surface area contributed by atoms with Gasteiger partial charge in [-0.15, -0.1) is 11.3 Å². The number of aromatic nitrogens is 5. The Balaban J connectivity index is 1.54. The maximum absolute atomic E-state index is 13.0. The molecule has 1 fully saturated rings. The van der Waals surface area contributed by atoms with E-state index in [1.807, 2.05) is 16.5 Å². The Labute approximate surface area is 161 Å². The first-order chi connectivity index (χ1) is 13.3. The van der Waals surface area contributed by atoms with E-state index in [1.165, 1.54) is 17.7 Å². The Bertz CT molecular complexity index is 901. The predicted molar refractivity (Wildman–Crippen MR) is 103 cm³/mol. The third kappa shape index (κ3) is 3.74. The van der Waals surface area contributed by atoms with E-state index in [4.69, 9.17) is 0 Å². The van der Waals surface area contributed by atoms with Crippen LogP contribution >= 0.6 is 11.3 Å². The molecule has 4 rings (SSSR count). The zero-order valence-electron chi connectivity index (χ0n) is 15.1. The number of nitrogens with zero attached hydrogens (tertiary/aromatic N) is 6. The van der Waals surface area contributed by atoms with Gasteiger partial charge in [-0.3, -0.25) is 4.79 Å². The van der Waals surface area contributed by atoms with Gasteiger partial charge in [-0.2, -0.15) is 5.10 Å². The summed E-state index contributed by atoms with van der Waals surface area (Å²) in [6.07, 6.45) is 10.4. The Morgan fingerprint density at radius 3 is 2.96 bits per heavy atom. The van der Waals surface area contributed by atoms with E-state index < -0.39 is 0 Å². The summed E-state index contributed by atoms with van der Waals surface area (Å²) in [6, 6.07) is 0.253. The standard InChI is InChI=1S/C18H21N7OS/c1-2-5-24(14-3-4-19-7-14)18(26)16-11-27-17(23-16)13-6-22-25(10-13)15-8-20-12-21-9-15/h6,8-12,14,19H,2-5,7H2,1H3/t14-/m1/s1. The average Bonchev–Trinajstić information content (AvgIpc) is 3.47. The molecule has 1 amide bonds. The zero-order chi connectivity index (χ0) is 18.6. The maximum Gasteiger partial charge on any atom is 0.273 e. The lowest BCUT2D eigenvalue weighted by molar-refractivity contribution is 0.0687. The normalized spacial score (nSPS) is 16.6. The first-order valence-electron chi connectivity index (χ1n) is 9.04. The minimum absolute atomic E-state index is 0.0110. The average molecular weight is 383 g/mol. The molecule has 0 aromatic carbocycles. The van der Waals surface area contributed by atoms with Crippen LogP contribution in [0.5, 0.6) is 0 Å². The van der Waals surface area contributed by atoms with Crippen LogP contribution < -0.4 is 5.32 Å². The van der Waals surface area contributed by atoms with Crippen LogP contribution in [0.15, 0.2) is 36.5 Å². The lowest BCUT2D eigenvalue weighted by atomic mass is 10.2.